The predicted octanol–water partition coefficient (Wildman–Crippen LogP) is 4.17. The standard InChI is InChI=1S/C20H14ClFN4O2/c1-25(15-8-4-13(21)5-9-15)19(28)18-17(12-2-6-14(22)7-3-12)24-20-23-11-10-16(27)26(18)20/h2-11,27H,1H3. The molecular formula is C20H14ClFN4O2. The fourth-order valence-electron chi connectivity index (χ4n) is 2.90. The molecule has 0 radical (unpaired) electrons. The first kappa shape index (κ1) is 17.9. The van der Waals surface area contributed by atoms with Crippen LogP contribution in [0.5, 0.6) is 5.88 Å². The van der Waals surface area contributed by atoms with E-state index in [-0.39, 0.29) is 17.4 Å². The molecule has 0 aliphatic carbocycles. The lowest BCUT2D eigenvalue weighted by molar-refractivity contribution is 0.0987. The highest BCUT2D eigenvalue weighted by molar-refractivity contribution is 6.30. The largest absolute Gasteiger partial charge is 0.494 e. The van der Waals surface area contributed by atoms with Crippen LogP contribution in [0, 0.1) is 5.82 Å². The number of aromatic hydroxyl groups is 1. The number of imidazole rings is 1. The zero-order chi connectivity index (χ0) is 19.8. The first-order chi connectivity index (χ1) is 13.5. The van der Waals surface area contributed by atoms with Gasteiger partial charge in [0.15, 0.2) is 5.88 Å². The minimum atomic E-state index is -0.419. The summed E-state index contributed by atoms with van der Waals surface area (Å²) in [6.45, 7) is 0. The molecule has 0 aliphatic rings. The van der Waals surface area contributed by atoms with Crippen LogP contribution in [-0.4, -0.2) is 32.4 Å². The second kappa shape index (κ2) is 6.94. The number of carbonyl (C=O) groups excluding carboxylic acids is 1. The molecule has 0 saturated heterocycles. The Bertz CT molecular complexity index is 1170. The van der Waals surface area contributed by atoms with Crippen molar-refractivity contribution in [3.63, 3.8) is 0 Å². The molecule has 140 valence electrons. The van der Waals surface area contributed by atoms with Gasteiger partial charge in [-0.2, -0.15) is 0 Å². The Morgan fingerprint density at radius 3 is 2.46 bits per heavy atom. The highest BCUT2D eigenvalue weighted by Gasteiger charge is 2.26. The molecule has 4 aromatic rings. The van der Waals surface area contributed by atoms with E-state index >= 15 is 0 Å². The Morgan fingerprint density at radius 1 is 1.11 bits per heavy atom. The SMILES string of the molecule is CN(C(=O)c1c(-c2ccc(F)cc2)nc2nccc(O)n12)c1ccc(Cl)cc1. The van der Waals surface area contributed by atoms with Crippen LogP contribution in [0.1, 0.15) is 10.5 Å². The van der Waals surface area contributed by atoms with Crippen molar-refractivity contribution in [1.29, 1.82) is 0 Å². The van der Waals surface area contributed by atoms with Crippen LogP contribution in [0.3, 0.4) is 0 Å². The summed E-state index contributed by atoms with van der Waals surface area (Å²) in [5.74, 6) is -0.844. The van der Waals surface area contributed by atoms with Crippen LogP contribution in [0.15, 0.2) is 60.8 Å². The molecule has 4 rings (SSSR count). The Labute approximate surface area is 164 Å². The maximum absolute atomic E-state index is 13.3. The van der Waals surface area contributed by atoms with Crippen LogP contribution in [0.4, 0.5) is 10.1 Å². The number of halogens is 2. The normalized spacial score (nSPS) is 11.0. The summed E-state index contributed by atoms with van der Waals surface area (Å²) in [6.07, 6.45) is 1.39. The van der Waals surface area contributed by atoms with Crippen molar-refractivity contribution in [3.05, 3.63) is 77.3 Å². The fourth-order valence-corrected chi connectivity index (χ4v) is 3.03. The molecule has 8 heteroatoms. The predicted molar refractivity (Wildman–Crippen MR) is 104 cm³/mol. The third-order valence-electron chi connectivity index (χ3n) is 4.34. The number of fused-ring (bicyclic) bond motifs is 1. The Hall–Kier alpha value is -3.45. The minimum Gasteiger partial charge on any atom is -0.494 e. The number of hydrogen-bond donors (Lipinski definition) is 1. The van der Waals surface area contributed by atoms with Gasteiger partial charge in [0, 0.05) is 35.6 Å². The van der Waals surface area contributed by atoms with Crippen molar-refractivity contribution < 1.29 is 14.3 Å². The minimum absolute atomic E-state index is 0.115. The van der Waals surface area contributed by atoms with Gasteiger partial charge < -0.3 is 10.0 Å². The molecule has 28 heavy (non-hydrogen) atoms. The summed E-state index contributed by atoms with van der Waals surface area (Å²) in [5, 5.41) is 10.9. The van der Waals surface area contributed by atoms with Gasteiger partial charge in [0.25, 0.3) is 5.91 Å². The highest BCUT2D eigenvalue weighted by Crippen LogP contribution is 2.29. The lowest BCUT2D eigenvalue weighted by atomic mass is 10.1. The molecule has 2 aromatic heterocycles. The number of anilines is 1. The van der Waals surface area contributed by atoms with Gasteiger partial charge in [-0.15, -0.1) is 0 Å². The van der Waals surface area contributed by atoms with Crippen molar-refractivity contribution >= 4 is 29.0 Å². The van der Waals surface area contributed by atoms with Gasteiger partial charge in [-0.1, -0.05) is 11.6 Å². The first-order valence-corrected chi connectivity index (χ1v) is 8.69. The molecule has 2 heterocycles. The number of rotatable bonds is 3. The van der Waals surface area contributed by atoms with Gasteiger partial charge in [0.05, 0.1) is 0 Å². The van der Waals surface area contributed by atoms with E-state index in [2.05, 4.69) is 9.97 Å². The molecular weight excluding hydrogens is 383 g/mol. The molecule has 0 aliphatic heterocycles. The van der Waals surface area contributed by atoms with Gasteiger partial charge in [-0.05, 0) is 48.5 Å². The van der Waals surface area contributed by atoms with Gasteiger partial charge in [0.2, 0.25) is 5.78 Å². The van der Waals surface area contributed by atoms with E-state index in [1.165, 1.54) is 45.8 Å². The van der Waals surface area contributed by atoms with Crippen molar-refractivity contribution in [2.45, 2.75) is 0 Å². The summed E-state index contributed by atoms with van der Waals surface area (Å²) in [5.41, 5.74) is 1.54. The lowest BCUT2D eigenvalue weighted by Gasteiger charge is -2.18. The van der Waals surface area contributed by atoms with Crippen LogP contribution >= 0.6 is 11.6 Å². The van der Waals surface area contributed by atoms with E-state index in [1.807, 2.05) is 0 Å². The highest BCUT2D eigenvalue weighted by atomic mass is 35.5. The second-order valence-corrected chi connectivity index (χ2v) is 6.53. The van der Waals surface area contributed by atoms with E-state index in [4.69, 9.17) is 11.6 Å². The quantitative estimate of drug-likeness (QED) is 0.564. The number of carbonyl (C=O) groups is 1. The molecule has 2 aromatic carbocycles. The van der Waals surface area contributed by atoms with E-state index in [1.54, 1.807) is 31.3 Å². The van der Waals surface area contributed by atoms with Crippen molar-refractivity contribution in [2.24, 2.45) is 0 Å². The maximum Gasteiger partial charge on any atom is 0.277 e. The van der Waals surface area contributed by atoms with Gasteiger partial charge in [0.1, 0.15) is 17.2 Å². The Morgan fingerprint density at radius 2 is 1.79 bits per heavy atom. The summed E-state index contributed by atoms with van der Waals surface area (Å²) in [7, 11) is 1.60. The smallest absolute Gasteiger partial charge is 0.277 e. The number of hydrogen-bond acceptors (Lipinski definition) is 4. The van der Waals surface area contributed by atoms with Gasteiger partial charge in [-0.3, -0.25) is 4.79 Å². The molecule has 0 unspecified atom stereocenters. The topological polar surface area (TPSA) is 70.7 Å². The number of aromatic nitrogens is 3. The molecule has 1 amide bonds. The van der Waals surface area contributed by atoms with Gasteiger partial charge in [-0.25, -0.2) is 18.8 Å². The lowest BCUT2D eigenvalue weighted by Crippen LogP contribution is -2.28. The number of benzene rings is 2. The van der Waals surface area contributed by atoms with Crippen LogP contribution < -0.4 is 4.90 Å². The third kappa shape index (κ3) is 3.05. The van der Waals surface area contributed by atoms with Crippen molar-refractivity contribution in [1.82, 2.24) is 14.4 Å². The van der Waals surface area contributed by atoms with Crippen LogP contribution in [0.2, 0.25) is 5.02 Å². The summed E-state index contributed by atoms with van der Waals surface area (Å²) in [6, 6.07) is 13.7. The molecule has 6 nitrogen and oxygen atoms in total. The Kier molecular flexibility index (Phi) is 4.44. The van der Waals surface area contributed by atoms with Crippen LogP contribution in [0.25, 0.3) is 17.0 Å². The Balaban J connectivity index is 1.91. The molecule has 0 spiro atoms. The van der Waals surface area contributed by atoms with Gasteiger partial charge >= 0.3 is 0 Å². The van der Waals surface area contributed by atoms with E-state index in [0.29, 0.717) is 22.0 Å². The zero-order valence-corrected chi connectivity index (χ0v) is 15.4. The van der Waals surface area contributed by atoms with E-state index in [0.717, 1.165) is 0 Å². The summed E-state index contributed by atoms with van der Waals surface area (Å²) >= 11 is 5.92. The van der Waals surface area contributed by atoms with E-state index in [9.17, 15) is 14.3 Å². The molecule has 0 atom stereocenters. The zero-order valence-electron chi connectivity index (χ0n) is 14.7. The molecule has 0 bridgehead atoms. The number of amides is 1. The first-order valence-electron chi connectivity index (χ1n) is 8.31. The third-order valence-corrected chi connectivity index (χ3v) is 4.59. The maximum atomic E-state index is 13.3. The molecule has 0 saturated carbocycles. The monoisotopic (exact) mass is 396 g/mol. The second-order valence-electron chi connectivity index (χ2n) is 6.09. The average molecular weight is 397 g/mol. The number of nitrogens with zero attached hydrogens (tertiary/aromatic N) is 4. The summed E-state index contributed by atoms with van der Waals surface area (Å²) in [4.78, 5) is 23.3. The fraction of sp³-hybridized carbons (Fsp3) is 0.0500. The molecule has 1 N–H and O–H groups in total. The summed E-state index contributed by atoms with van der Waals surface area (Å²) < 4.78 is 14.6. The van der Waals surface area contributed by atoms with Crippen molar-refractivity contribution in [3.8, 4) is 17.1 Å². The van der Waals surface area contributed by atoms with Crippen molar-refractivity contribution in [2.75, 3.05) is 11.9 Å². The van der Waals surface area contributed by atoms with Crippen LogP contribution in [-0.2, 0) is 0 Å². The van der Waals surface area contributed by atoms with E-state index < -0.39 is 11.7 Å². The molecule has 0 fully saturated rings. The average Bonchev–Trinajstić information content (AvgIpc) is 3.09.